The molecule has 1 atom stereocenters. The lowest BCUT2D eigenvalue weighted by molar-refractivity contribution is -0.126. The van der Waals surface area contributed by atoms with Crippen LogP contribution in [0.4, 0.5) is 0 Å². The SMILES string of the molecule is C=CC(=O)N1CCc2nc3cc(C4CCCCN4Cc4ccccc4C)[nH]n3c(=O)c2C1. The monoisotopic (exact) mass is 431 g/mol. The van der Waals surface area contributed by atoms with Crippen molar-refractivity contribution in [3.63, 3.8) is 0 Å². The fourth-order valence-corrected chi connectivity index (χ4v) is 5.03. The largest absolute Gasteiger partial charge is 0.334 e. The van der Waals surface area contributed by atoms with Gasteiger partial charge in [-0.25, -0.2) is 9.50 Å². The smallest absolute Gasteiger partial charge is 0.277 e. The average molecular weight is 432 g/mol. The highest BCUT2D eigenvalue weighted by Crippen LogP contribution is 2.32. The first-order valence-electron chi connectivity index (χ1n) is 11.4. The van der Waals surface area contributed by atoms with E-state index in [-0.39, 0.29) is 24.1 Å². The molecule has 0 bridgehead atoms. The molecule has 7 nitrogen and oxygen atoms in total. The van der Waals surface area contributed by atoms with Crippen LogP contribution in [0.5, 0.6) is 0 Å². The molecule has 32 heavy (non-hydrogen) atoms. The van der Waals surface area contributed by atoms with Gasteiger partial charge < -0.3 is 4.90 Å². The Kier molecular flexibility index (Phi) is 5.43. The van der Waals surface area contributed by atoms with Gasteiger partial charge in [0.15, 0.2) is 5.65 Å². The van der Waals surface area contributed by atoms with Crippen molar-refractivity contribution in [3.05, 3.63) is 81.4 Å². The number of aryl methyl sites for hydroxylation is 1. The first kappa shape index (κ1) is 20.7. The number of nitrogens with zero attached hydrogens (tertiary/aromatic N) is 4. The van der Waals surface area contributed by atoms with Crippen molar-refractivity contribution in [2.45, 2.75) is 51.7 Å². The van der Waals surface area contributed by atoms with Gasteiger partial charge in [0.05, 0.1) is 29.5 Å². The van der Waals surface area contributed by atoms with Crippen molar-refractivity contribution in [2.75, 3.05) is 13.1 Å². The Morgan fingerprint density at radius 3 is 2.94 bits per heavy atom. The third-order valence-corrected chi connectivity index (χ3v) is 6.87. The van der Waals surface area contributed by atoms with E-state index in [2.05, 4.69) is 47.8 Å². The molecule has 7 heteroatoms. The number of amides is 1. The van der Waals surface area contributed by atoms with Crippen LogP contribution in [0.25, 0.3) is 5.65 Å². The van der Waals surface area contributed by atoms with Crippen LogP contribution in [0.3, 0.4) is 0 Å². The fourth-order valence-electron chi connectivity index (χ4n) is 5.03. The van der Waals surface area contributed by atoms with E-state index >= 15 is 0 Å². The van der Waals surface area contributed by atoms with Gasteiger partial charge in [0.25, 0.3) is 5.56 Å². The Morgan fingerprint density at radius 1 is 1.28 bits per heavy atom. The zero-order chi connectivity index (χ0) is 22.2. The summed E-state index contributed by atoms with van der Waals surface area (Å²) >= 11 is 0. The molecule has 0 saturated carbocycles. The molecule has 0 aliphatic carbocycles. The predicted octanol–water partition coefficient (Wildman–Crippen LogP) is 3.13. The third-order valence-electron chi connectivity index (χ3n) is 6.87. The van der Waals surface area contributed by atoms with Gasteiger partial charge in [-0.1, -0.05) is 37.3 Å². The van der Waals surface area contributed by atoms with Crippen molar-refractivity contribution < 1.29 is 4.79 Å². The number of piperidine rings is 1. The molecule has 3 aromatic rings. The number of aromatic nitrogens is 3. The van der Waals surface area contributed by atoms with Crippen molar-refractivity contribution >= 4 is 11.6 Å². The minimum Gasteiger partial charge on any atom is -0.334 e. The first-order valence-corrected chi connectivity index (χ1v) is 11.4. The van der Waals surface area contributed by atoms with Crippen LogP contribution in [0, 0.1) is 6.92 Å². The highest BCUT2D eigenvalue weighted by molar-refractivity contribution is 5.87. The zero-order valence-electron chi connectivity index (χ0n) is 18.5. The van der Waals surface area contributed by atoms with Crippen LogP contribution in [0.2, 0.25) is 0 Å². The Balaban J connectivity index is 1.48. The number of fused-ring (bicyclic) bond motifs is 2. The molecule has 1 aromatic carbocycles. The number of hydrogen-bond donors (Lipinski definition) is 1. The highest BCUT2D eigenvalue weighted by Gasteiger charge is 2.28. The predicted molar refractivity (Wildman–Crippen MR) is 123 cm³/mol. The van der Waals surface area contributed by atoms with Gasteiger partial charge >= 0.3 is 0 Å². The number of likely N-dealkylation sites (tertiary alicyclic amines) is 1. The molecule has 2 aliphatic heterocycles. The number of nitrogens with one attached hydrogen (secondary N) is 1. The summed E-state index contributed by atoms with van der Waals surface area (Å²) < 4.78 is 1.55. The Hall–Kier alpha value is -3.19. The number of benzene rings is 1. The van der Waals surface area contributed by atoms with Crippen molar-refractivity contribution in [1.82, 2.24) is 24.4 Å². The molecular weight excluding hydrogens is 402 g/mol. The summed E-state index contributed by atoms with van der Waals surface area (Å²) in [7, 11) is 0. The molecule has 1 N–H and O–H groups in total. The molecule has 5 rings (SSSR count). The summed E-state index contributed by atoms with van der Waals surface area (Å²) in [5, 5.41) is 3.35. The highest BCUT2D eigenvalue weighted by atomic mass is 16.2. The van der Waals surface area contributed by atoms with Crippen LogP contribution in [0.1, 0.15) is 53.4 Å². The second-order valence-corrected chi connectivity index (χ2v) is 8.87. The van der Waals surface area contributed by atoms with Crippen LogP contribution < -0.4 is 5.56 Å². The van der Waals surface area contributed by atoms with E-state index < -0.39 is 0 Å². The van der Waals surface area contributed by atoms with E-state index in [1.165, 1.54) is 30.0 Å². The Morgan fingerprint density at radius 2 is 2.12 bits per heavy atom. The summed E-state index contributed by atoms with van der Waals surface area (Å²) in [6.45, 7) is 8.49. The van der Waals surface area contributed by atoms with Gasteiger partial charge in [-0.2, -0.15) is 0 Å². The van der Waals surface area contributed by atoms with E-state index in [1.807, 2.05) is 6.07 Å². The molecule has 1 amide bonds. The van der Waals surface area contributed by atoms with E-state index in [4.69, 9.17) is 4.98 Å². The normalized spacial score (nSPS) is 19.2. The topological polar surface area (TPSA) is 73.7 Å². The molecule has 1 saturated heterocycles. The third kappa shape index (κ3) is 3.66. The van der Waals surface area contributed by atoms with Crippen LogP contribution in [-0.2, 0) is 24.3 Å². The molecule has 4 heterocycles. The van der Waals surface area contributed by atoms with Gasteiger partial charge in [0.1, 0.15) is 0 Å². The van der Waals surface area contributed by atoms with E-state index in [9.17, 15) is 9.59 Å². The number of aromatic amines is 1. The molecular formula is C25H29N5O2. The van der Waals surface area contributed by atoms with Crippen molar-refractivity contribution in [1.29, 1.82) is 0 Å². The number of carbonyl (C=O) groups excluding carboxylic acids is 1. The Labute approximate surface area is 187 Å². The molecule has 2 aromatic heterocycles. The molecule has 0 spiro atoms. The van der Waals surface area contributed by atoms with Crippen molar-refractivity contribution in [3.8, 4) is 0 Å². The van der Waals surface area contributed by atoms with Gasteiger partial charge in [-0.05, 0) is 43.5 Å². The van der Waals surface area contributed by atoms with Gasteiger partial charge in [-0.3, -0.25) is 19.6 Å². The van der Waals surface area contributed by atoms with Crippen LogP contribution in [-0.4, -0.2) is 43.4 Å². The number of carbonyl (C=O) groups is 1. The van der Waals surface area contributed by atoms with Crippen molar-refractivity contribution in [2.24, 2.45) is 0 Å². The van der Waals surface area contributed by atoms with Gasteiger partial charge in [0.2, 0.25) is 5.91 Å². The fraction of sp³-hybridized carbons (Fsp3) is 0.400. The standard InChI is InChI=1S/C25H29N5O2/c1-3-24(31)29-13-11-20-19(16-29)25(32)30-23(26-20)14-21(27-30)22-10-6-7-12-28(22)15-18-9-5-4-8-17(18)2/h3-5,8-9,14,22,27H,1,6-7,10-13,15-16H2,2H3. The van der Waals surface area contributed by atoms with E-state index in [0.29, 0.717) is 24.2 Å². The summed E-state index contributed by atoms with van der Waals surface area (Å²) in [4.78, 5) is 34.2. The quantitative estimate of drug-likeness (QED) is 0.644. The zero-order valence-corrected chi connectivity index (χ0v) is 18.5. The molecule has 0 radical (unpaired) electrons. The average Bonchev–Trinajstić information content (AvgIpc) is 3.24. The lowest BCUT2D eigenvalue weighted by atomic mass is 9.98. The lowest BCUT2D eigenvalue weighted by Gasteiger charge is -2.35. The van der Waals surface area contributed by atoms with Gasteiger partial charge in [0, 0.05) is 25.6 Å². The first-order chi connectivity index (χ1) is 15.5. The second-order valence-electron chi connectivity index (χ2n) is 8.87. The number of H-pyrrole nitrogens is 1. The number of rotatable bonds is 4. The van der Waals surface area contributed by atoms with E-state index in [0.717, 1.165) is 30.9 Å². The molecule has 1 unspecified atom stereocenters. The summed E-state index contributed by atoms with van der Waals surface area (Å²) in [6.07, 6.45) is 5.29. The molecule has 1 fully saturated rings. The minimum absolute atomic E-state index is 0.112. The molecule has 2 aliphatic rings. The maximum atomic E-state index is 13.3. The van der Waals surface area contributed by atoms with E-state index in [1.54, 1.807) is 9.42 Å². The van der Waals surface area contributed by atoms with Crippen LogP contribution in [0.15, 0.2) is 47.8 Å². The maximum absolute atomic E-state index is 13.3. The Bertz CT molecular complexity index is 1240. The number of hydrogen-bond acceptors (Lipinski definition) is 4. The summed E-state index contributed by atoms with van der Waals surface area (Å²) in [5.74, 6) is -0.152. The summed E-state index contributed by atoms with van der Waals surface area (Å²) in [5.41, 5.74) is 5.62. The maximum Gasteiger partial charge on any atom is 0.277 e. The lowest BCUT2D eigenvalue weighted by Crippen LogP contribution is -2.39. The minimum atomic E-state index is -0.152. The second kappa shape index (κ2) is 8.39. The van der Waals surface area contributed by atoms with Gasteiger partial charge in [-0.15, -0.1) is 0 Å². The summed E-state index contributed by atoms with van der Waals surface area (Å²) in [6, 6.07) is 10.8. The van der Waals surface area contributed by atoms with Crippen LogP contribution >= 0.6 is 0 Å². The molecule has 166 valence electrons.